The average Bonchev–Trinajstić information content (AvgIpc) is 3.17. The zero-order chi connectivity index (χ0) is 15.4. The van der Waals surface area contributed by atoms with Crippen molar-refractivity contribution in [2.24, 2.45) is 0 Å². The molecule has 22 heavy (non-hydrogen) atoms. The van der Waals surface area contributed by atoms with Gasteiger partial charge in [0.25, 0.3) is 0 Å². The summed E-state index contributed by atoms with van der Waals surface area (Å²) in [5.74, 6) is -0.216. The van der Waals surface area contributed by atoms with E-state index in [-0.39, 0.29) is 6.10 Å². The molecule has 2 aromatic rings. The van der Waals surface area contributed by atoms with Gasteiger partial charge in [-0.3, -0.25) is 0 Å². The van der Waals surface area contributed by atoms with E-state index in [1.165, 1.54) is 5.56 Å². The molecule has 0 bridgehead atoms. The van der Waals surface area contributed by atoms with Crippen LogP contribution < -0.4 is 0 Å². The largest absolute Gasteiger partial charge is 0.345 e. The molecular weight excluding hydrogens is 323 g/mol. The lowest BCUT2D eigenvalue weighted by molar-refractivity contribution is -0.180. The number of benzene rings is 1. The first-order valence-corrected chi connectivity index (χ1v) is 8.18. The molecule has 0 aliphatic carbocycles. The first-order chi connectivity index (χ1) is 10.7. The molecule has 4 nitrogen and oxygen atoms in total. The molecule has 0 saturated carbocycles. The van der Waals surface area contributed by atoms with Crippen LogP contribution in [0.3, 0.4) is 0 Å². The van der Waals surface area contributed by atoms with Gasteiger partial charge in [0.15, 0.2) is 5.79 Å². The summed E-state index contributed by atoms with van der Waals surface area (Å²) >= 11 is 11.8. The molecule has 6 heteroatoms. The smallest absolute Gasteiger partial charge is 0.187 e. The van der Waals surface area contributed by atoms with Crippen LogP contribution in [-0.2, 0) is 22.4 Å². The summed E-state index contributed by atoms with van der Waals surface area (Å²) in [6.45, 7) is 1.13. The highest BCUT2D eigenvalue weighted by atomic mass is 35.5. The van der Waals surface area contributed by atoms with Gasteiger partial charge in [0.05, 0.1) is 31.5 Å². The molecule has 2 atom stereocenters. The van der Waals surface area contributed by atoms with Gasteiger partial charge in [-0.25, -0.2) is 4.98 Å². The number of imidazole rings is 1. The Morgan fingerprint density at radius 2 is 2.14 bits per heavy atom. The summed E-state index contributed by atoms with van der Waals surface area (Å²) in [5, 5.41) is 0.743. The predicted octanol–water partition coefficient (Wildman–Crippen LogP) is 3.52. The number of hydrogen-bond donors (Lipinski definition) is 0. The minimum atomic E-state index is -0.653. The molecule has 0 amide bonds. The lowest BCUT2D eigenvalue weighted by Crippen LogP contribution is -2.36. The predicted molar refractivity (Wildman–Crippen MR) is 86.3 cm³/mol. The van der Waals surface area contributed by atoms with Gasteiger partial charge >= 0.3 is 0 Å². The van der Waals surface area contributed by atoms with E-state index in [4.69, 9.17) is 32.7 Å². The maximum absolute atomic E-state index is 6.09. The molecule has 0 spiro atoms. The third kappa shape index (κ3) is 3.82. The van der Waals surface area contributed by atoms with E-state index < -0.39 is 5.79 Å². The zero-order valence-corrected chi connectivity index (χ0v) is 13.6. The van der Waals surface area contributed by atoms with Crippen LogP contribution >= 0.6 is 23.2 Å². The molecule has 1 aliphatic rings. The van der Waals surface area contributed by atoms with Crippen LogP contribution in [0.5, 0.6) is 0 Å². The second-order valence-electron chi connectivity index (χ2n) is 5.48. The number of nitrogens with zero attached hydrogens (tertiary/aromatic N) is 2. The van der Waals surface area contributed by atoms with Gasteiger partial charge in [-0.05, 0) is 24.1 Å². The number of alkyl halides is 1. The van der Waals surface area contributed by atoms with Gasteiger partial charge in [0.2, 0.25) is 0 Å². The topological polar surface area (TPSA) is 36.3 Å². The normalized spacial score (nSPS) is 24.7. The lowest BCUT2D eigenvalue weighted by atomic mass is 10.0. The molecule has 1 aliphatic heterocycles. The maximum Gasteiger partial charge on any atom is 0.187 e. The highest BCUT2D eigenvalue weighted by Crippen LogP contribution is 2.31. The van der Waals surface area contributed by atoms with E-state index in [9.17, 15) is 0 Å². The van der Waals surface area contributed by atoms with Gasteiger partial charge in [-0.2, -0.15) is 0 Å². The molecule has 3 rings (SSSR count). The number of ether oxygens (including phenoxy) is 2. The van der Waals surface area contributed by atoms with E-state index in [0.717, 1.165) is 17.9 Å². The van der Waals surface area contributed by atoms with Crippen molar-refractivity contribution in [1.29, 1.82) is 0 Å². The van der Waals surface area contributed by atoms with E-state index >= 15 is 0 Å². The van der Waals surface area contributed by atoms with Crippen LogP contribution in [0.4, 0.5) is 0 Å². The average molecular weight is 341 g/mol. The van der Waals surface area contributed by atoms with Gasteiger partial charge < -0.3 is 14.0 Å². The molecule has 118 valence electrons. The van der Waals surface area contributed by atoms with Gasteiger partial charge in [0.1, 0.15) is 0 Å². The standard InChI is InChI=1S/C16H18Cl2N2O2/c17-9-15-10-21-16(22-15,11-20-8-7-19-12-20)6-5-13-1-3-14(18)4-2-13/h1-4,7-8,12,15H,5-6,9-11H2/t15-,16+/m1/s1. The third-order valence-corrected chi connectivity index (χ3v) is 4.37. The van der Waals surface area contributed by atoms with Crippen molar-refractivity contribution in [3.8, 4) is 0 Å². The molecule has 1 aromatic carbocycles. The summed E-state index contributed by atoms with van der Waals surface area (Å²) in [6.07, 6.45) is 6.97. The molecule has 0 N–H and O–H groups in total. The van der Waals surface area contributed by atoms with E-state index in [1.807, 2.05) is 35.0 Å². The van der Waals surface area contributed by atoms with Crippen LogP contribution in [0.15, 0.2) is 43.0 Å². The van der Waals surface area contributed by atoms with Crippen molar-refractivity contribution in [2.75, 3.05) is 12.5 Å². The second-order valence-corrected chi connectivity index (χ2v) is 6.22. The molecule has 1 saturated heterocycles. The summed E-state index contributed by atoms with van der Waals surface area (Å²) in [4.78, 5) is 4.07. The number of aromatic nitrogens is 2. The summed E-state index contributed by atoms with van der Waals surface area (Å²) in [6, 6.07) is 7.86. The van der Waals surface area contributed by atoms with Gasteiger partial charge in [0, 0.05) is 23.8 Å². The lowest BCUT2D eigenvalue weighted by Gasteiger charge is -2.28. The van der Waals surface area contributed by atoms with Crippen LogP contribution in [0.25, 0.3) is 0 Å². The van der Waals surface area contributed by atoms with Crippen molar-refractivity contribution in [3.63, 3.8) is 0 Å². The first kappa shape index (κ1) is 15.8. The van der Waals surface area contributed by atoms with Crippen LogP contribution in [0, 0.1) is 0 Å². The fraction of sp³-hybridized carbons (Fsp3) is 0.438. The Balaban J connectivity index is 1.70. The fourth-order valence-corrected chi connectivity index (χ4v) is 2.91. The fourth-order valence-electron chi connectivity index (χ4n) is 2.63. The maximum atomic E-state index is 6.09. The minimum Gasteiger partial charge on any atom is -0.345 e. The van der Waals surface area contributed by atoms with E-state index in [0.29, 0.717) is 19.0 Å². The number of aryl methyl sites for hydroxylation is 1. The van der Waals surface area contributed by atoms with Gasteiger partial charge in [-0.1, -0.05) is 23.7 Å². The Kier molecular flexibility index (Phi) is 5.03. The van der Waals surface area contributed by atoms with Crippen LogP contribution in [0.1, 0.15) is 12.0 Å². The number of halogens is 2. The number of hydrogen-bond acceptors (Lipinski definition) is 3. The zero-order valence-electron chi connectivity index (χ0n) is 12.1. The molecule has 0 radical (unpaired) electrons. The molecule has 1 aromatic heterocycles. The van der Waals surface area contributed by atoms with Gasteiger partial charge in [-0.15, -0.1) is 11.6 Å². The summed E-state index contributed by atoms with van der Waals surface area (Å²) in [7, 11) is 0. The molecular formula is C16H18Cl2N2O2. The van der Waals surface area contributed by atoms with E-state index in [2.05, 4.69) is 4.98 Å². The summed E-state index contributed by atoms with van der Waals surface area (Å²) < 4.78 is 14.0. The van der Waals surface area contributed by atoms with Crippen molar-refractivity contribution < 1.29 is 9.47 Å². The van der Waals surface area contributed by atoms with Crippen molar-refractivity contribution >= 4 is 23.2 Å². The summed E-state index contributed by atoms with van der Waals surface area (Å²) in [5.41, 5.74) is 1.20. The SMILES string of the molecule is ClC[C@@H]1CO[C@](CCc2ccc(Cl)cc2)(Cn2ccnc2)O1. The van der Waals surface area contributed by atoms with Crippen molar-refractivity contribution in [3.05, 3.63) is 53.6 Å². The van der Waals surface area contributed by atoms with Crippen LogP contribution in [-0.4, -0.2) is 33.9 Å². The van der Waals surface area contributed by atoms with E-state index in [1.54, 1.807) is 12.5 Å². The van der Waals surface area contributed by atoms with Crippen molar-refractivity contribution in [2.45, 2.75) is 31.3 Å². The Bertz CT molecular complexity index is 589. The van der Waals surface area contributed by atoms with Crippen molar-refractivity contribution in [1.82, 2.24) is 9.55 Å². The molecule has 0 unspecified atom stereocenters. The first-order valence-electron chi connectivity index (χ1n) is 7.27. The Hall–Kier alpha value is -1.07. The number of rotatable bonds is 6. The quantitative estimate of drug-likeness (QED) is 0.755. The second kappa shape index (κ2) is 7.01. The monoisotopic (exact) mass is 340 g/mol. The Morgan fingerprint density at radius 3 is 2.77 bits per heavy atom. The third-order valence-electron chi connectivity index (χ3n) is 3.78. The Morgan fingerprint density at radius 1 is 1.32 bits per heavy atom. The molecule has 2 heterocycles. The minimum absolute atomic E-state index is 0.0598. The highest BCUT2D eigenvalue weighted by Gasteiger charge is 2.41. The molecule has 1 fully saturated rings. The van der Waals surface area contributed by atoms with Crippen LogP contribution in [0.2, 0.25) is 5.02 Å². The Labute approximate surface area is 140 Å². The highest BCUT2D eigenvalue weighted by molar-refractivity contribution is 6.30.